The van der Waals surface area contributed by atoms with Crippen LogP contribution in [-0.2, 0) is 6.54 Å². The van der Waals surface area contributed by atoms with Gasteiger partial charge in [0.2, 0.25) is 0 Å². The molecule has 0 saturated carbocycles. The molecule has 13 heavy (non-hydrogen) atoms. The van der Waals surface area contributed by atoms with Gasteiger partial charge in [0.25, 0.3) is 0 Å². The van der Waals surface area contributed by atoms with Crippen LogP contribution >= 0.6 is 0 Å². The molecule has 0 aliphatic rings. The fourth-order valence-corrected chi connectivity index (χ4v) is 1.41. The van der Waals surface area contributed by atoms with Gasteiger partial charge in [-0.25, -0.2) is 0 Å². The summed E-state index contributed by atoms with van der Waals surface area (Å²) in [6.45, 7) is 4.32. The second-order valence-electron chi connectivity index (χ2n) is 3.04. The Hall–Kier alpha value is -1.22. The van der Waals surface area contributed by atoms with Crippen LogP contribution in [0.1, 0.15) is 16.7 Å². The SMILES string of the molecule is COc1c(O)cc(CN)c(C)c1C. The quantitative estimate of drug-likeness (QED) is 0.726. The Morgan fingerprint density at radius 2 is 2.00 bits per heavy atom. The minimum absolute atomic E-state index is 0.158. The lowest BCUT2D eigenvalue weighted by molar-refractivity contribution is 0.370. The molecule has 3 N–H and O–H groups in total. The van der Waals surface area contributed by atoms with Crippen molar-refractivity contribution in [3.8, 4) is 11.5 Å². The topological polar surface area (TPSA) is 55.5 Å². The molecule has 1 aromatic carbocycles. The number of ether oxygens (including phenoxy) is 1. The molecule has 0 fully saturated rings. The van der Waals surface area contributed by atoms with Gasteiger partial charge in [-0.2, -0.15) is 0 Å². The molecule has 0 unspecified atom stereocenters. The van der Waals surface area contributed by atoms with Crippen LogP contribution in [0.15, 0.2) is 6.07 Å². The summed E-state index contributed by atoms with van der Waals surface area (Å²) < 4.78 is 5.07. The fraction of sp³-hybridized carbons (Fsp3) is 0.400. The summed E-state index contributed by atoms with van der Waals surface area (Å²) in [5, 5.41) is 9.55. The highest BCUT2D eigenvalue weighted by molar-refractivity contribution is 5.52. The third kappa shape index (κ3) is 1.60. The van der Waals surface area contributed by atoms with Crippen LogP contribution in [0.3, 0.4) is 0 Å². The zero-order valence-electron chi connectivity index (χ0n) is 8.22. The predicted molar refractivity (Wildman–Crippen MR) is 52.0 cm³/mol. The Labute approximate surface area is 78.1 Å². The minimum atomic E-state index is 0.158. The second kappa shape index (κ2) is 3.66. The number of hydrogen-bond donors (Lipinski definition) is 2. The van der Waals surface area contributed by atoms with Crippen molar-refractivity contribution in [1.29, 1.82) is 0 Å². The first-order valence-corrected chi connectivity index (χ1v) is 4.18. The molecule has 0 aromatic heterocycles. The van der Waals surface area contributed by atoms with Gasteiger partial charge in [-0.15, -0.1) is 0 Å². The summed E-state index contributed by atoms with van der Waals surface area (Å²) >= 11 is 0. The zero-order chi connectivity index (χ0) is 10.0. The number of nitrogens with two attached hydrogens (primary N) is 1. The summed E-state index contributed by atoms with van der Waals surface area (Å²) in [6, 6.07) is 1.65. The second-order valence-corrected chi connectivity index (χ2v) is 3.04. The average Bonchev–Trinajstić information content (AvgIpc) is 2.12. The number of hydrogen-bond acceptors (Lipinski definition) is 3. The Bertz CT molecular complexity index is 321. The summed E-state index contributed by atoms with van der Waals surface area (Å²) in [5.41, 5.74) is 8.51. The number of benzene rings is 1. The van der Waals surface area contributed by atoms with Gasteiger partial charge in [-0.3, -0.25) is 0 Å². The Morgan fingerprint density at radius 1 is 1.38 bits per heavy atom. The van der Waals surface area contributed by atoms with Gasteiger partial charge in [0.1, 0.15) is 0 Å². The van der Waals surface area contributed by atoms with Crippen LogP contribution in [0.4, 0.5) is 0 Å². The maximum absolute atomic E-state index is 9.55. The van der Waals surface area contributed by atoms with Crippen molar-refractivity contribution in [1.82, 2.24) is 0 Å². The molecule has 1 rings (SSSR count). The number of rotatable bonds is 2. The van der Waals surface area contributed by atoms with Crippen molar-refractivity contribution < 1.29 is 9.84 Å². The van der Waals surface area contributed by atoms with Crippen molar-refractivity contribution in [2.75, 3.05) is 7.11 Å². The van der Waals surface area contributed by atoms with Gasteiger partial charge in [0.15, 0.2) is 11.5 Å². The normalized spacial score (nSPS) is 10.2. The Morgan fingerprint density at radius 3 is 2.46 bits per heavy atom. The molecule has 3 nitrogen and oxygen atoms in total. The zero-order valence-corrected chi connectivity index (χ0v) is 8.22. The summed E-state index contributed by atoms with van der Waals surface area (Å²) in [6.07, 6.45) is 0. The van der Waals surface area contributed by atoms with E-state index in [1.165, 1.54) is 0 Å². The molecule has 0 bridgehead atoms. The molecular weight excluding hydrogens is 166 g/mol. The van der Waals surface area contributed by atoms with E-state index in [2.05, 4.69) is 0 Å². The van der Waals surface area contributed by atoms with Crippen molar-refractivity contribution in [2.45, 2.75) is 20.4 Å². The molecule has 0 saturated heterocycles. The van der Waals surface area contributed by atoms with Crippen LogP contribution in [0.2, 0.25) is 0 Å². The molecule has 0 aliphatic carbocycles. The molecular formula is C10H15NO2. The molecule has 0 heterocycles. The molecule has 3 heteroatoms. The largest absolute Gasteiger partial charge is 0.504 e. The molecule has 1 aromatic rings. The third-order valence-corrected chi connectivity index (χ3v) is 2.35. The highest BCUT2D eigenvalue weighted by Gasteiger charge is 2.10. The molecule has 0 amide bonds. The van der Waals surface area contributed by atoms with E-state index in [9.17, 15) is 5.11 Å². The van der Waals surface area contributed by atoms with Crippen LogP contribution < -0.4 is 10.5 Å². The molecule has 0 aliphatic heterocycles. The first-order chi connectivity index (χ1) is 6.11. The Balaban J connectivity index is 3.37. The first kappa shape index (κ1) is 9.86. The van der Waals surface area contributed by atoms with E-state index in [1.807, 2.05) is 13.8 Å². The van der Waals surface area contributed by atoms with Crippen LogP contribution in [0.5, 0.6) is 11.5 Å². The average molecular weight is 181 g/mol. The van der Waals surface area contributed by atoms with Gasteiger partial charge in [0, 0.05) is 6.54 Å². The maximum Gasteiger partial charge on any atom is 0.163 e. The lowest BCUT2D eigenvalue weighted by atomic mass is 10.0. The minimum Gasteiger partial charge on any atom is -0.504 e. The fourth-order valence-electron chi connectivity index (χ4n) is 1.41. The summed E-state index contributed by atoms with van der Waals surface area (Å²) in [4.78, 5) is 0. The van der Waals surface area contributed by atoms with E-state index < -0.39 is 0 Å². The number of phenolic OH excluding ortho intramolecular Hbond substituents is 1. The number of aromatic hydroxyl groups is 1. The van der Waals surface area contributed by atoms with Gasteiger partial charge in [0.05, 0.1) is 7.11 Å². The Kier molecular flexibility index (Phi) is 2.78. The van der Waals surface area contributed by atoms with Crippen molar-refractivity contribution in [3.63, 3.8) is 0 Å². The lowest BCUT2D eigenvalue weighted by Crippen LogP contribution is -2.02. The molecule has 0 radical (unpaired) electrons. The first-order valence-electron chi connectivity index (χ1n) is 4.18. The van der Waals surface area contributed by atoms with E-state index >= 15 is 0 Å². The predicted octanol–water partition coefficient (Wildman–Crippen LogP) is 1.48. The summed E-state index contributed by atoms with van der Waals surface area (Å²) in [7, 11) is 1.55. The number of phenols is 1. The highest BCUT2D eigenvalue weighted by Crippen LogP contribution is 2.33. The molecule has 72 valence electrons. The van der Waals surface area contributed by atoms with Crippen LogP contribution in [0, 0.1) is 13.8 Å². The van der Waals surface area contributed by atoms with Crippen molar-refractivity contribution >= 4 is 0 Å². The van der Waals surface area contributed by atoms with E-state index in [1.54, 1.807) is 13.2 Å². The van der Waals surface area contributed by atoms with Gasteiger partial charge < -0.3 is 15.6 Å². The third-order valence-electron chi connectivity index (χ3n) is 2.35. The molecule has 0 atom stereocenters. The standard InChI is InChI=1S/C10H15NO2/c1-6-7(2)10(13-3)9(12)4-8(6)5-11/h4,12H,5,11H2,1-3H3. The van der Waals surface area contributed by atoms with Crippen LogP contribution in [0.25, 0.3) is 0 Å². The van der Waals surface area contributed by atoms with E-state index in [-0.39, 0.29) is 5.75 Å². The monoisotopic (exact) mass is 181 g/mol. The van der Waals surface area contributed by atoms with Crippen molar-refractivity contribution in [2.24, 2.45) is 5.73 Å². The summed E-state index contributed by atoms with van der Waals surface area (Å²) in [5.74, 6) is 0.695. The maximum atomic E-state index is 9.55. The van der Waals surface area contributed by atoms with E-state index in [0.29, 0.717) is 12.3 Å². The van der Waals surface area contributed by atoms with Crippen molar-refractivity contribution in [3.05, 3.63) is 22.8 Å². The van der Waals surface area contributed by atoms with Gasteiger partial charge in [-0.1, -0.05) is 0 Å². The van der Waals surface area contributed by atoms with Gasteiger partial charge >= 0.3 is 0 Å². The van der Waals surface area contributed by atoms with Crippen LogP contribution in [-0.4, -0.2) is 12.2 Å². The van der Waals surface area contributed by atoms with E-state index in [4.69, 9.17) is 10.5 Å². The number of methoxy groups -OCH3 is 1. The smallest absolute Gasteiger partial charge is 0.163 e. The molecule has 0 spiro atoms. The highest BCUT2D eigenvalue weighted by atomic mass is 16.5. The van der Waals surface area contributed by atoms with Gasteiger partial charge in [-0.05, 0) is 36.6 Å². The lowest BCUT2D eigenvalue weighted by Gasteiger charge is -2.13. The van der Waals surface area contributed by atoms with E-state index in [0.717, 1.165) is 16.7 Å².